The van der Waals surface area contributed by atoms with Gasteiger partial charge in [0.05, 0.1) is 6.54 Å². The van der Waals surface area contributed by atoms with Crippen LogP contribution in [0, 0.1) is 0 Å². The van der Waals surface area contributed by atoms with Crippen molar-refractivity contribution in [3.63, 3.8) is 0 Å². The van der Waals surface area contributed by atoms with Gasteiger partial charge in [-0.2, -0.15) is 9.36 Å². The summed E-state index contributed by atoms with van der Waals surface area (Å²) < 4.78 is 10.6. The largest absolute Gasteiger partial charge is 0.477 e. The zero-order chi connectivity index (χ0) is 31.3. The first-order valence-electron chi connectivity index (χ1n) is 12.8. The molecule has 1 unspecified atom stereocenters. The summed E-state index contributed by atoms with van der Waals surface area (Å²) in [6, 6.07) is -1.01. The van der Waals surface area contributed by atoms with E-state index in [1.54, 1.807) is 27.7 Å². The maximum atomic E-state index is 13.1. The lowest BCUT2D eigenvalue weighted by atomic mass is 10.0. The molecule has 21 heteroatoms. The number of hydrogen-bond donors (Lipinski definition) is 4. The van der Waals surface area contributed by atoms with E-state index >= 15 is 0 Å². The number of carbonyl (C=O) groups excluding carboxylic acids is 3. The van der Waals surface area contributed by atoms with E-state index in [0.717, 1.165) is 16.4 Å². The molecular weight excluding hydrogens is 627 g/mol. The van der Waals surface area contributed by atoms with E-state index in [2.05, 4.69) is 40.7 Å². The van der Waals surface area contributed by atoms with Gasteiger partial charge in [-0.3, -0.25) is 14.5 Å². The second-order valence-corrected chi connectivity index (χ2v) is 12.7. The van der Waals surface area contributed by atoms with Gasteiger partial charge < -0.3 is 31.0 Å². The molecule has 3 amide bonds. The Morgan fingerprint density at radius 1 is 1.30 bits per heavy atom. The zero-order valence-electron chi connectivity index (χ0n) is 23.5. The van der Waals surface area contributed by atoms with Gasteiger partial charge in [0.15, 0.2) is 5.13 Å². The molecule has 2 aliphatic rings. The van der Waals surface area contributed by atoms with E-state index < -0.39 is 40.9 Å². The van der Waals surface area contributed by atoms with Crippen molar-refractivity contribution in [3.05, 3.63) is 17.1 Å². The summed E-state index contributed by atoms with van der Waals surface area (Å²) in [4.78, 5) is 60.4. The number of nitrogen functional groups attached to an aromatic ring is 1. The van der Waals surface area contributed by atoms with Crippen molar-refractivity contribution in [2.24, 2.45) is 5.16 Å². The molecule has 1 fully saturated rings. The highest BCUT2D eigenvalue weighted by molar-refractivity contribution is 8.01. The van der Waals surface area contributed by atoms with Crippen LogP contribution in [-0.4, -0.2) is 111 Å². The fraction of sp³-hybridized carbons (Fsp3) is 0.545. The molecular formula is C22H29N11O7S3. The first kappa shape index (κ1) is 31.9. The maximum Gasteiger partial charge on any atom is 0.407 e. The number of hydrogen-bond acceptors (Lipinski definition) is 16. The molecule has 2 aromatic heterocycles. The number of aromatic nitrogens is 6. The van der Waals surface area contributed by atoms with Crippen molar-refractivity contribution < 1.29 is 33.9 Å². The number of ether oxygens (including phenoxy) is 1. The molecule has 18 nitrogen and oxygen atoms in total. The third-order valence-electron chi connectivity index (χ3n) is 5.56. The Morgan fingerprint density at radius 3 is 2.72 bits per heavy atom. The number of oxime groups is 1. The van der Waals surface area contributed by atoms with Crippen molar-refractivity contribution in [2.45, 2.75) is 56.4 Å². The second kappa shape index (κ2) is 13.5. The quantitative estimate of drug-likeness (QED) is 0.101. The molecule has 0 saturated carbocycles. The van der Waals surface area contributed by atoms with E-state index in [-0.39, 0.29) is 53.6 Å². The van der Waals surface area contributed by atoms with Gasteiger partial charge in [0.1, 0.15) is 29.3 Å². The first-order valence-corrected chi connectivity index (χ1v) is 15.6. The van der Waals surface area contributed by atoms with Crippen LogP contribution in [0.5, 0.6) is 0 Å². The van der Waals surface area contributed by atoms with Crippen molar-refractivity contribution >= 4 is 69.8 Å². The number of nitrogens with zero attached hydrogens (tertiary/aromatic N) is 8. The van der Waals surface area contributed by atoms with Crippen LogP contribution < -0.4 is 16.4 Å². The molecule has 43 heavy (non-hydrogen) atoms. The number of amides is 3. The molecule has 2 aliphatic heterocycles. The number of carboxylic acid groups (broad SMARTS) is 1. The Kier molecular flexibility index (Phi) is 10.1. The van der Waals surface area contributed by atoms with Gasteiger partial charge in [-0.15, -0.1) is 16.9 Å². The Bertz CT molecular complexity index is 1450. The fourth-order valence-corrected chi connectivity index (χ4v) is 6.64. The Morgan fingerprint density at radius 2 is 2.07 bits per heavy atom. The van der Waals surface area contributed by atoms with Crippen LogP contribution >= 0.6 is 35.1 Å². The van der Waals surface area contributed by atoms with Crippen molar-refractivity contribution in [2.75, 3.05) is 30.4 Å². The molecule has 5 N–H and O–H groups in total. The number of aliphatic carboxylic acids is 1. The molecule has 0 spiro atoms. The van der Waals surface area contributed by atoms with Gasteiger partial charge in [0, 0.05) is 29.6 Å². The number of anilines is 1. The van der Waals surface area contributed by atoms with Crippen LogP contribution in [0.15, 0.2) is 21.6 Å². The van der Waals surface area contributed by atoms with Gasteiger partial charge in [0.2, 0.25) is 16.7 Å². The Hall–Kier alpha value is -3.98. The van der Waals surface area contributed by atoms with E-state index in [1.807, 2.05) is 0 Å². The number of rotatable bonds is 12. The highest BCUT2D eigenvalue weighted by Gasteiger charge is 2.54. The SMILES string of the molecule is CCON=C(C(=O)NC1C(=O)N2C(C(=O)O)=C(CSc3nnnn3CCNC(=O)OC(C)(C)C)CS[C@H]12)c1nsc(N)n1. The number of fused-ring (bicyclic) bond motifs is 1. The van der Waals surface area contributed by atoms with Gasteiger partial charge in [0.25, 0.3) is 11.8 Å². The van der Waals surface area contributed by atoms with Gasteiger partial charge in [-0.1, -0.05) is 16.9 Å². The van der Waals surface area contributed by atoms with Crippen LogP contribution in [0.3, 0.4) is 0 Å². The number of carboxylic acids is 1. The molecule has 0 aliphatic carbocycles. The Labute approximate surface area is 257 Å². The monoisotopic (exact) mass is 655 g/mol. The molecule has 2 atom stereocenters. The minimum absolute atomic E-state index is 0.0539. The number of carbonyl (C=O) groups is 4. The zero-order valence-corrected chi connectivity index (χ0v) is 25.9. The lowest BCUT2D eigenvalue weighted by Crippen LogP contribution is -2.71. The number of nitrogens with one attached hydrogen (secondary N) is 2. The summed E-state index contributed by atoms with van der Waals surface area (Å²) >= 11 is 3.36. The van der Waals surface area contributed by atoms with Crippen molar-refractivity contribution in [1.29, 1.82) is 0 Å². The van der Waals surface area contributed by atoms with E-state index in [4.69, 9.17) is 15.3 Å². The number of alkyl carbamates (subject to hydrolysis) is 1. The highest BCUT2D eigenvalue weighted by atomic mass is 32.2. The molecule has 4 heterocycles. The standard InChI is InChI=1S/C22H29N11O7S3/c1-5-39-28-11(14-26-19(23)43-29-14)15(34)25-12-16(35)33-13(18(36)37)10(8-41-17(12)33)9-42-20-27-30-31-32(20)7-6-24-21(38)40-22(2,3)4/h12,17H,5-9H2,1-4H3,(H,24,38)(H,25,34)(H,36,37)(H2,23,26,29)/t12?,17-/m1/s1. The summed E-state index contributed by atoms with van der Waals surface area (Å²) in [5.41, 5.74) is 5.06. The second-order valence-electron chi connectivity index (χ2n) is 9.83. The first-order chi connectivity index (χ1) is 20.4. The number of β-lactam (4-membered cyclic amide) rings is 1. The molecule has 0 aromatic carbocycles. The van der Waals surface area contributed by atoms with E-state index in [0.29, 0.717) is 10.7 Å². The summed E-state index contributed by atoms with van der Waals surface area (Å²) in [6.07, 6.45) is -0.573. The lowest BCUT2D eigenvalue weighted by molar-refractivity contribution is -0.150. The lowest BCUT2D eigenvalue weighted by Gasteiger charge is -2.49. The van der Waals surface area contributed by atoms with Crippen LogP contribution in [0.4, 0.5) is 9.93 Å². The van der Waals surface area contributed by atoms with Gasteiger partial charge in [-0.05, 0) is 43.7 Å². The number of tetrazole rings is 1. The third kappa shape index (κ3) is 7.70. The Balaban J connectivity index is 1.39. The minimum Gasteiger partial charge on any atom is -0.477 e. The van der Waals surface area contributed by atoms with Crippen molar-refractivity contribution in [3.8, 4) is 0 Å². The van der Waals surface area contributed by atoms with Crippen LogP contribution in [0.1, 0.15) is 33.5 Å². The molecule has 4 rings (SSSR count). The predicted octanol–water partition coefficient (Wildman–Crippen LogP) is -0.0970. The fourth-order valence-electron chi connectivity index (χ4n) is 3.82. The molecule has 2 aromatic rings. The van der Waals surface area contributed by atoms with Gasteiger partial charge >= 0.3 is 12.1 Å². The molecule has 1 saturated heterocycles. The third-order valence-corrected chi connectivity index (χ3v) is 8.48. The van der Waals surface area contributed by atoms with E-state index in [1.165, 1.54) is 28.2 Å². The topological polar surface area (TPSA) is 242 Å². The normalized spacial score (nSPS) is 18.6. The maximum absolute atomic E-state index is 13.1. The van der Waals surface area contributed by atoms with Crippen LogP contribution in [0.2, 0.25) is 0 Å². The average molecular weight is 656 g/mol. The summed E-state index contributed by atoms with van der Waals surface area (Å²) in [7, 11) is 0. The van der Waals surface area contributed by atoms with Crippen molar-refractivity contribution in [1.82, 2.24) is 45.1 Å². The molecule has 232 valence electrons. The number of thioether (sulfide) groups is 2. The molecule has 0 bridgehead atoms. The van der Waals surface area contributed by atoms with Crippen LogP contribution in [-0.2, 0) is 30.5 Å². The molecule has 0 radical (unpaired) electrons. The van der Waals surface area contributed by atoms with E-state index in [9.17, 15) is 24.3 Å². The van der Waals surface area contributed by atoms with Crippen LogP contribution in [0.25, 0.3) is 0 Å². The summed E-state index contributed by atoms with van der Waals surface area (Å²) in [6.45, 7) is 7.57. The minimum atomic E-state index is -1.28. The smallest absolute Gasteiger partial charge is 0.407 e. The van der Waals surface area contributed by atoms with Gasteiger partial charge in [-0.25, -0.2) is 14.3 Å². The highest BCUT2D eigenvalue weighted by Crippen LogP contribution is 2.41. The summed E-state index contributed by atoms with van der Waals surface area (Å²) in [5.74, 6) is -2.22. The average Bonchev–Trinajstić information content (AvgIpc) is 3.57. The number of nitrogens with two attached hydrogens (primary N) is 1. The summed E-state index contributed by atoms with van der Waals surface area (Å²) in [5, 5.41) is 30.4. The predicted molar refractivity (Wildman–Crippen MR) is 155 cm³/mol.